The molecule has 0 radical (unpaired) electrons. The number of unbranched alkanes of at least 4 members (excludes halogenated alkanes) is 25. The van der Waals surface area contributed by atoms with Crippen LogP contribution in [0.4, 0.5) is 0 Å². The van der Waals surface area contributed by atoms with E-state index in [0.717, 1.165) is 51.4 Å². The van der Waals surface area contributed by atoms with Crippen molar-refractivity contribution in [2.45, 2.75) is 225 Å². The Bertz CT molecular complexity index is 1030. The van der Waals surface area contributed by atoms with Crippen molar-refractivity contribution in [3.05, 3.63) is 48.6 Å². The fourth-order valence-electron chi connectivity index (χ4n) is 6.65. The monoisotopic (exact) mass is 838 g/mol. The van der Waals surface area contributed by atoms with E-state index in [9.17, 15) is 14.3 Å². The maximum absolute atomic E-state index is 12.6. The number of carbonyl (C=O) groups is 1. The molecule has 2 atom stereocenters. The number of carbonyl (C=O) groups excluding carboxylic acids is 1. The van der Waals surface area contributed by atoms with Crippen molar-refractivity contribution >= 4 is 13.8 Å². The van der Waals surface area contributed by atoms with Crippen LogP contribution in [0.3, 0.4) is 0 Å². The lowest BCUT2D eigenvalue weighted by Crippen LogP contribution is -2.28. The third-order valence-corrected chi connectivity index (χ3v) is 11.2. The number of hydrogen-bond acceptors (Lipinski definition) is 7. The Hall–Kier alpha value is -1.54. The molecule has 0 amide bonds. The van der Waals surface area contributed by atoms with Gasteiger partial charge in [-0.1, -0.05) is 184 Å². The summed E-state index contributed by atoms with van der Waals surface area (Å²) in [6.07, 6.45) is 55.6. The van der Waals surface area contributed by atoms with Gasteiger partial charge in [0.1, 0.15) is 6.10 Å². The first kappa shape index (κ1) is 56.5. The van der Waals surface area contributed by atoms with Crippen molar-refractivity contribution in [3.8, 4) is 0 Å². The van der Waals surface area contributed by atoms with Gasteiger partial charge in [0.25, 0.3) is 0 Å². The van der Waals surface area contributed by atoms with Gasteiger partial charge in [0.2, 0.25) is 0 Å². The second kappa shape index (κ2) is 46.5. The zero-order valence-electron chi connectivity index (χ0n) is 37.8. The van der Waals surface area contributed by atoms with Crippen molar-refractivity contribution in [2.75, 3.05) is 33.0 Å². The molecule has 9 heteroatoms. The SMILES string of the molecule is CCCCC/C=C\C/C=C\C/C=C\CCCCCCCCCOCC(COP(=O)(O)OCCN)OC(=O)CCCCCCCCCCC/C=C\CCCCCCCC. The minimum Gasteiger partial charge on any atom is -0.457 e. The number of ether oxygens (including phenoxy) is 2. The van der Waals surface area contributed by atoms with Crippen LogP contribution < -0.4 is 5.73 Å². The molecule has 3 N–H and O–H groups in total. The summed E-state index contributed by atoms with van der Waals surface area (Å²) in [5.41, 5.74) is 5.38. The Balaban J connectivity index is 4.00. The zero-order valence-corrected chi connectivity index (χ0v) is 38.7. The van der Waals surface area contributed by atoms with Crippen LogP contribution in [-0.4, -0.2) is 49.9 Å². The predicted molar refractivity (Wildman–Crippen MR) is 247 cm³/mol. The van der Waals surface area contributed by atoms with Crippen LogP contribution in [0, 0.1) is 0 Å². The number of allylic oxidation sites excluding steroid dienone is 8. The van der Waals surface area contributed by atoms with E-state index in [2.05, 4.69) is 62.5 Å². The lowest BCUT2D eigenvalue weighted by molar-refractivity contribution is -0.154. The van der Waals surface area contributed by atoms with Crippen molar-refractivity contribution < 1.29 is 32.8 Å². The van der Waals surface area contributed by atoms with Crippen LogP contribution in [0.1, 0.15) is 219 Å². The van der Waals surface area contributed by atoms with Crippen LogP contribution in [0.5, 0.6) is 0 Å². The van der Waals surface area contributed by atoms with Crippen molar-refractivity contribution in [1.29, 1.82) is 0 Å². The fraction of sp³-hybridized carbons (Fsp3) is 0.816. The summed E-state index contributed by atoms with van der Waals surface area (Å²) in [6.45, 7) is 4.88. The summed E-state index contributed by atoms with van der Waals surface area (Å²) in [5.74, 6) is -0.335. The first-order valence-electron chi connectivity index (χ1n) is 24.1. The van der Waals surface area contributed by atoms with Gasteiger partial charge in [-0.05, 0) is 77.0 Å². The Labute approximate surface area is 358 Å². The summed E-state index contributed by atoms with van der Waals surface area (Å²) in [7, 11) is -4.28. The van der Waals surface area contributed by atoms with E-state index in [0.29, 0.717) is 13.0 Å². The van der Waals surface area contributed by atoms with E-state index < -0.39 is 13.9 Å². The van der Waals surface area contributed by atoms with E-state index >= 15 is 0 Å². The van der Waals surface area contributed by atoms with Gasteiger partial charge >= 0.3 is 13.8 Å². The van der Waals surface area contributed by atoms with E-state index in [-0.39, 0.29) is 32.3 Å². The number of nitrogens with two attached hydrogens (primary N) is 1. The maximum Gasteiger partial charge on any atom is 0.472 e. The molecule has 8 nitrogen and oxygen atoms in total. The van der Waals surface area contributed by atoms with Crippen LogP contribution in [-0.2, 0) is 27.9 Å². The molecule has 2 unspecified atom stereocenters. The second-order valence-electron chi connectivity index (χ2n) is 16.0. The van der Waals surface area contributed by atoms with Gasteiger partial charge in [-0.3, -0.25) is 13.8 Å². The molecule has 0 saturated carbocycles. The highest BCUT2D eigenvalue weighted by Crippen LogP contribution is 2.43. The summed E-state index contributed by atoms with van der Waals surface area (Å²) < 4.78 is 33.5. The van der Waals surface area contributed by atoms with Crippen LogP contribution in [0.25, 0.3) is 0 Å². The normalized spacial score (nSPS) is 13.8. The lowest BCUT2D eigenvalue weighted by Gasteiger charge is -2.20. The number of esters is 1. The quantitative estimate of drug-likeness (QED) is 0.0269. The minimum atomic E-state index is -4.28. The first-order chi connectivity index (χ1) is 28.4. The van der Waals surface area contributed by atoms with E-state index in [1.54, 1.807) is 0 Å². The summed E-state index contributed by atoms with van der Waals surface area (Å²) in [4.78, 5) is 22.6. The average molecular weight is 838 g/mol. The topological polar surface area (TPSA) is 117 Å². The molecular weight excluding hydrogens is 746 g/mol. The summed E-state index contributed by atoms with van der Waals surface area (Å²) >= 11 is 0. The van der Waals surface area contributed by atoms with Gasteiger partial charge < -0.3 is 20.1 Å². The van der Waals surface area contributed by atoms with Gasteiger partial charge in [0, 0.05) is 19.6 Å². The number of rotatable bonds is 46. The molecule has 0 aromatic heterocycles. The highest BCUT2D eigenvalue weighted by molar-refractivity contribution is 7.47. The molecule has 0 aliphatic rings. The Morgan fingerprint density at radius 1 is 0.517 bits per heavy atom. The smallest absolute Gasteiger partial charge is 0.457 e. The molecular formula is C49H92NO7P. The van der Waals surface area contributed by atoms with Crippen molar-refractivity contribution in [2.24, 2.45) is 5.73 Å². The predicted octanol–water partition coefficient (Wildman–Crippen LogP) is 14.8. The highest BCUT2D eigenvalue weighted by atomic mass is 31.2. The Morgan fingerprint density at radius 2 is 0.914 bits per heavy atom. The number of phosphoric ester groups is 1. The summed E-state index contributed by atoms with van der Waals surface area (Å²) in [6, 6.07) is 0. The largest absolute Gasteiger partial charge is 0.472 e. The molecule has 0 spiro atoms. The van der Waals surface area contributed by atoms with Crippen LogP contribution >= 0.6 is 7.82 Å². The van der Waals surface area contributed by atoms with Gasteiger partial charge in [0.15, 0.2) is 0 Å². The van der Waals surface area contributed by atoms with Crippen LogP contribution in [0.15, 0.2) is 48.6 Å². The van der Waals surface area contributed by atoms with Crippen LogP contribution in [0.2, 0.25) is 0 Å². The number of phosphoric acid groups is 1. The molecule has 0 fully saturated rings. The molecule has 0 aromatic carbocycles. The maximum atomic E-state index is 12.6. The minimum absolute atomic E-state index is 0.0972. The van der Waals surface area contributed by atoms with Crippen molar-refractivity contribution in [3.63, 3.8) is 0 Å². The molecule has 0 saturated heterocycles. The molecule has 0 bridgehead atoms. The molecule has 340 valence electrons. The molecule has 0 rings (SSSR count). The molecule has 0 heterocycles. The van der Waals surface area contributed by atoms with E-state index in [1.807, 2.05) is 0 Å². The van der Waals surface area contributed by atoms with Gasteiger partial charge in [-0.2, -0.15) is 0 Å². The lowest BCUT2D eigenvalue weighted by atomic mass is 10.1. The molecule has 0 aromatic rings. The first-order valence-corrected chi connectivity index (χ1v) is 25.6. The number of hydrogen-bond donors (Lipinski definition) is 2. The van der Waals surface area contributed by atoms with Gasteiger partial charge in [-0.15, -0.1) is 0 Å². The highest BCUT2D eigenvalue weighted by Gasteiger charge is 2.25. The van der Waals surface area contributed by atoms with Crippen molar-refractivity contribution in [1.82, 2.24) is 0 Å². The fourth-order valence-corrected chi connectivity index (χ4v) is 7.41. The van der Waals surface area contributed by atoms with Gasteiger partial charge in [0.05, 0.1) is 19.8 Å². The summed E-state index contributed by atoms with van der Waals surface area (Å²) in [5, 5.41) is 0. The third-order valence-electron chi connectivity index (χ3n) is 10.2. The zero-order chi connectivity index (χ0) is 42.3. The molecule has 0 aliphatic carbocycles. The Kier molecular flexibility index (Phi) is 45.3. The second-order valence-corrected chi connectivity index (χ2v) is 17.4. The van der Waals surface area contributed by atoms with E-state index in [4.69, 9.17) is 24.3 Å². The molecule has 58 heavy (non-hydrogen) atoms. The van der Waals surface area contributed by atoms with Gasteiger partial charge in [-0.25, -0.2) is 4.57 Å². The average Bonchev–Trinajstić information content (AvgIpc) is 3.21. The standard InChI is InChI=1S/C49H92NO7P/c1-3-5-7-9-11-13-15-17-19-21-23-25-27-29-31-33-35-37-39-41-44-54-46-48(47-56-58(52,53)55-45-43-50)57-49(51)42-40-38-36-34-32-30-28-26-24-22-20-18-16-14-12-10-8-6-4-2/h11,13,17-20,23,25,48H,3-10,12,14-16,21-22,24,26-47,50H2,1-2H3,(H,52,53)/b13-11-,19-17-,20-18-,25-23-. The third kappa shape index (κ3) is 45.5. The van der Waals surface area contributed by atoms with E-state index in [1.165, 1.54) is 148 Å². The molecule has 0 aliphatic heterocycles. The Morgan fingerprint density at radius 3 is 1.41 bits per heavy atom.